The van der Waals surface area contributed by atoms with Gasteiger partial charge in [0.25, 0.3) is 11.8 Å². The first kappa shape index (κ1) is 23.9. The Bertz CT molecular complexity index is 1420. The number of rotatable bonds is 5. The molecule has 1 N–H and O–H groups in total. The summed E-state index contributed by atoms with van der Waals surface area (Å²) in [7, 11) is 0. The molecule has 180 valence electrons. The molecule has 6 nitrogen and oxygen atoms in total. The number of carbonyl (C=O) groups is 3. The highest BCUT2D eigenvalue weighted by atomic mass is 32.2. The molecule has 2 heterocycles. The molecule has 0 saturated carbocycles. The number of thioether (sulfide) groups is 1. The molecular formula is C27H20FN3O3S2. The van der Waals surface area contributed by atoms with Crippen molar-refractivity contribution in [3.05, 3.63) is 101 Å². The molecule has 1 saturated heterocycles. The lowest BCUT2D eigenvalue weighted by molar-refractivity contribution is -0.123. The van der Waals surface area contributed by atoms with E-state index in [-0.39, 0.29) is 29.0 Å². The molecule has 9 heteroatoms. The molecule has 0 radical (unpaired) electrons. The number of hydrogen-bond acceptors (Lipinski definition) is 5. The zero-order valence-electron chi connectivity index (χ0n) is 19.1. The average molecular weight is 518 g/mol. The van der Waals surface area contributed by atoms with Crippen molar-refractivity contribution >= 4 is 63.0 Å². The number of thiocarbonyl (C=S) groups is 1. The third kappa shape index (κ3) is 4.31. The second kappa shape index (κ2) is 9.67. The molecule has 2 aliphatic rings. The number of nitrogens with zero attached hydrogens (tertiary/aromatic N) is 2. The maximum Gasteiger partial charge on any atom is 0.267 e. The van der Waals surface area contributed by atoms with Crippen molar-refractivity contribution in [2.45, 2.75) is 13.0 Å². The van der Waals surface area contributed by atoms with Crippen LogP contribution in [-0.2, 0) is 14.4 Å². The van der Waals surface area contributed by atoms with Gasteiger partial charge in [-0.25, -0.2) is 4.39 Å². The Morgan fingerprint density at radius 1 is 0.972 bits per heavy atom. The molecule has 0 spiro atoms. The molecule has 2 aliphatic heterocycles. The van der Waals surface area contributed by atoms with Gasteiger partial charge in [-0.15, -0.1) is 0 Å². The Labute approximate surface area is 216 Å². The first-order valence-electron chi connectivity index (χ1n) is 11.2. The molecule has 3 aromatic carbocycles. The summed E-state index contributed by atoms with van der Waals surface area (Å²) in [5.41, 5.74) is 2.69. The van der Waals surface area contributed by atoms with E-state index in [1.54, 1.807) is 24.3 Å². The number of benzene rings is 3. The largest absolute Gasteiger partial charge is 0.325 e. The molecule has 0 aromatic heterocycles. The Morgan fingerprint density at radius 3 is 2.36 bits per heavy atom. The molecule has 5 rings (SSSR count). The standard InChI is InChI=1S/C27H20FN3O3S2/c1-16(17-7-3-2-4-8-17)31-26(34)24(36-27(31)35)23-20-9-5-6-10-21(20)30(25(23)33)15-22(32)29-19-13-11-18(28)12-14-19/h2-14,16H,15H2,1H3,(H,29,32). The summed E-state index contributed by atoms with van der Waals surface area (Å²) in [6.45, 7) is 1.63. The van der Waals surface area contributed by atoms with Crippen molar-refractivity contribution in [1.82, 2.24) is 4.90 Å². The quantitative estimate of drug-likeness (QED) is 0.375. The third-order valence-corrected chi connectivity index (χ3v) is 7.45. The number of anilines is 2. The van der Waals surface area contributed by atoms with E-state index >= 15 is 0 Å². The van der Waals surface area contributed by atoms with E-state index in [1.165, 1.54) is 34.1 Å². The van der Waals surface area contributed by atoms with Crippen molar-refractivity contribution in [2.75, 3.05) is 16.8 Å². The van der Waals surface area contributed by atoms with Gasteiger partial charge in [0.1, 0.15) is 16.7 Å². The van der Waals surface area contributed by atoms with Crippen LogP contribution in [0.1, 0.15) is 24.1 Å². The van der Waals surface area contributed by atoms with Gasteiger partial charge in [0.15, 0.2) is 0 Å². The van der Waals surface area contributed by atoms with Gasteiger partial charge in [-0.05, 0) is 42.8 Å². The summed E-state index contributed by atoms with van der Waals surface area (Å²) in [4.78, 5) is 43.0. The Kier molecular flexibility index (Phi) is 6.42. The molecule has 0 aliphatic carbocycles. The summed E-state index contributed by atoms with van der Waals surface area (Å²) in [6.07, 6.45) is 0. The fourth-order valence-electron chi connectivity index (χ4n) is 4.28. The molecule has 3 aromatic rings. The zero-order valence-corrected chi connectivity index (χ0v) is 20.7. The zero-order chi connectivity index (χ0) is 25.4. The van der Waals surface area contributed by atoms with Crippen molar-refractivity contribution in [3.8, 4) is 0 Å². The van der Waals surface area contributed by atoms with Crippen molar-refractivity contribution in [1.29, 1.82) is 0 Å². The third-order valence-electron chi connectivity index (χ3n) is 6.05. The number of carbonyl (C=O) groups excluding carboxylic acids is 3. The lowest BCUT2D eigenvalue weighted by Gasteiger charge is -2.23. The van der Waals surface area contributed by atoms with Crippen LogP contribution >= 0.6 is 24.0 Å². The van der Waals surface area contributed by atoms with Crippen molar-refractivity contribution in [2.24, 2.45) is 0 Å². The minimum atomic E-state index is -0.448. The highest BCUT2D eigenvalue weighted by Crippen LogP contribution is 2.46. The minimum Gasteiger partial charge on any atom is -0.325 e. The van der Waals surface area contributed by atoms with Crippen LogP contribution in [0.3, 0.4) is 0 Å². The maximum absolute atomic E-state index is 13.6. The normalized spacial score (nSPS) is 18.0. The number of para-hydroxylation sites is 1. The van der Waals surface area contributed by atoms with Crippen LogP contribution in [-0.4, -0.2) is 33.5 Å². The molecule has 3 amide bonds. The van der Waals surface area contributed by atoms with Crippen LogP contribution in [0.25, 0.3) is 5.57 Å². The van der Waals surface area contributed by atoms with Gasteiger partial charge in [-0.2, -0.15) is 0 Å². The van der Waals surface area contributed by atoms with Crippen LogP contribution in [0.15, 0.2) is 83.8 Å². The lowest BCUT2D eigenvalue weighted by atomic mass is 10.1. The van der Waals surface area contributed by atoms with Gasteiger partial charge in [0.2, 0.25) is 5.91 Å². The molecular weight excluding hydrogens is 497 g/mol. The van der Waals surface area contributed by atoms with Gasteiger partial charge < -0.3 is 5.32 Å². The van der Waals surface area contributed by atoms with Crippen LogP contribution in [0.4, 0.5) is 15.8 Å². The Balaban J connectivity index is 1.45. The van der Waals surface area contributed by atoms with E-state index in [9.17, 15) is 18.8 Å². The highest BCUT2D eigenvalue weighted by Gasteiger charge is 2.43. The molecule has 1 unspecified atom stereocenters. The minimum absolute atomic E-state index is 0.236. The van der Waals surface area contributed by atoms with Gasteiger partial charge in [-0.1, -0.05) is 72.5 Å². The van der Waals surface area contributed by atoms with Crippen LogP contribution < -0.4 is 10.2 Å². The number of halogens is 1. The van der Waals surface area contributed by atoms with Gasteiger partial charge in [0, 0.05) is 11.3 Å². The predicted octanol–water partition coefficient (Wildman–Crippen LogP) is 5.14. The summed E-state index contributed by atoms with van der Waals surface area (Å²) < 4.78 is 13.6. The summed E-state index contributed by atoms with van der Waals surface area (Å²) in [5, 5.41) is 2.67. The molecule has 1 atom stereocenters. The lowest BCUT2D eigenvalue weighted by Crippen LogP contribution is -2.35. The second-order valence-electron chi connectivity index (χ2n) is 8.30. The van der Waals surface area contributed by atoms with Crippen LogP contribution in [0, 0.1) is 5.82 Å². The smallest absolute Gasteiger partial charge is 0.267 e. The van der Waals surface area contributed by atoms with Crippen molar-refractivity contribution in [3.63, 3.8) is 0 Å². The van der Waals surface area contributed by atoms with E-state index in [1.807, 2.05) is 37.3 Å². The number of fused-ring (bicyclic) bond motifs is 1. The van der Waals surface area contributed by atoms with E-state index in [0.29, 0.717) is 21.3 Å². The van der Waals surface area contributed by atoms with Crippen LogP contribution in [0.2, 0.25) is 0 Å². The summed E-state index contributed by atoms with van der Waals surface area (Å²) in [6, 6.07) is 21.6. The number of hydrogen-bond donors (Lipinski definition) is 1. The number of amides is 3. The van der Waals surface area contributed by atoms with E-state index in [4.69, 9.17) is 12.2 Å². The summed E-state index contributed by atoms with van der Waals surface area (Å²) in [5.74, 6) is -1.65. The fraction of sp³-hybridized carbons (Fsp3) is 0.111. The monoisotopic (exact) mass is 517 g/mol. The van der Waals surface area contributed by atoms with E-state index in [0.717, 1.165) is 17.3 Å². The Morgan fingerprint density at radius 2 is 1.64 bits per heavy atom. The molecule has 0 bridgehead atoms. The average Bonchev–Trinajstić information content (AvgIpc) is 3.32. The van der Waals surface area contributed by atoms with E-state index < -0.39 is 17.6 Å². The van der Waals surface area contributed by atoms with Gasteiger partial charge in [0.05, 0.1) is 22.2 Å². The Hall–Kier alpha value is -3.82. The first-order chi connectivity index (χ1) is 17.3. The maximum atomic E-state index is 13.6. The predicted molar refractivity (Wildman–Crippen MR) is 143 cm³/mol. The van der Waals surface area contributed by atoms with Gasteiger partial charge >= 0.3 is 0 Å². The van der Waals surface area contributed by atoms with E-state index in [2.05, 4.69) is 5.32 Å². The first-order valence-corrected chi connectivity index (χ1v) is 12.4. The van der Waals surface area contributed by atoms with Gasteiger partial charge in [-0.3, -0.25) is 24.2 Å². The molecule has 36 heavy (non-hydrogen) atoms. The summed E-state index contributed by atoms with van der Waals surface area (Å²) >= 11 is 6.64. The topological polar surface area (TPSA) is 69.7 Å². The SMILES string of the molecule is CC(c1ccccc1)N1C(=O)C(=C2C(=O)N(CC(=O)Nc3ccc(F)cc3)c3ccccc32)SC1=S. The highest BCUT2D eigenvalue weighted by molar-refractivity contribution is 8.26. The van der Waals surface area contributed by atoms with Crippen molar-refractivity contribution < 1.29 is 18.8 Å². The number of nitrogens with one attached hydrogen (secondary N) is 1. The fourth-order valence-corrected chi connectivity index (χ4v) is 5.77. The molecule has 1 fully saturated rings. The van der Waals surface area contributed by atoms with Crippen LogP contribution in [0.5, 0.6) is 0 Å². The second-order valence-corrected chi connectivity index (χ2v) is 9.94.